The summed E-state index contributed by atoms with van der Waals surface area (Å²) in [7, 11) is 3.60. The third-order valence-corrected chi connectivity index (χ3v) is 3.17. The predicted octanol–water partition coefficient (Wildman–Crippen LogP) is 2.29. The maximum absolute atomic E-state index is 13.0. The zero-order valence-corrected chi connectivity index (χ0v) is 11.6. The average molecular weight is 300 g/mol. The number of fused-ring (bicyclic) bond motifs is 1. The Balaban J connectivity index is 2.73. The first-order chi connectivity index (χ1) is 9.70. The van der Waals surface area contributed by atoms with Crippen molar-refractivity contribution in [2.75, 3.05) is 20.6 Å². The Labute approximate surface area is 119 Å². The number of benzene rings is 1. The first-order valence-corrected chi connectivity index (χ1v) is 6.28. The number of hydrogen-bond acceptors (Lipinski definition) is 3. The van der Waals surface area contributed by atoms with Crippen LogP contribution in [0.15, 0.2) is 29.1 Å². The van der Waals surface area contributed by atoms with Crippen molar-refractivity contribution in [3.8, 4) is 5.75 Å². The Kier molecular flexibility index (Phi) is 3.95. The molecule has 4 nitrogen and oxygen atoms in total. The Hall–Kier alpha value is -2.02. The minimum Gasteiger partial charge on any atom is -0.508 e. The molecule has 0 saturated carbocycles. The SMILES string of the molecule is CN(C)CCn1c(=O)cc(C(F)(F)F)c2ccc(O)cc21. The summed E-state index contributed by atoms with van der Waals surface area (Å²) in [6, 6.07) is 4.15. The zero-order valence-electron chi connectivity index (χ0n) is 11.6. The number of phenols is 1. The monoisotopic (exact) mass is 300 g/mol. The van der Waals surface area contributed by atoms with Gasteiger partial charge in [0.15, 0.2) is 0 Å². The highest BCUT2D eigenvalue weighted by Crippen LogP contribution is 2.34. The lowest BCUT2D eigenvalue weighted by atomic mass is 10.1. The molecule has 0 fully saturated rings. The highest BCUT2D eigenvalue weighted by atomic mass is 19.4. The molecule has 1 aromatic carbocycles. The lowest BCUT2D eigenvalue weighted by Gasteiger charge is -2.17. The summed E-state index contributed by atoms with van der Waals surface area (Å²) in [5.41, 5.74) is -1.64. The van der Waals surface area contributed by atoms with E-state index in [4.69, 9.17) is 0 Å². The number of aromatic nitrogens is 1. The smallest absolute Gasteiger partial charge is 0.417 e. The lowest BCUT2D eigenvalue weighted by molar-refractivity contribution is -0.136. The van der Waals surface area contributed by atoms with Gasteiger partial charge in [0.25, 0.3) is 5.56 Å². The number of alkyl halides is 3. The molecule has 0 unspecified atom stereocenters. The second kappa shape index (κ2) is 5.40. The Morgan fingerprint density at radius 3 is 2.48 bits per heavy atom. The van der Waals surface area contributed by atoms with Crippen molar-refractivity contribution < 1.29 is 18.3 Å². The van der Waals surface area contributed by atoms with E-state index in [1.165, 1.54) is 22.8 Å². The fourth-order valence-corrected chi connectivity index (χ4v) is 2.13. The van der Waals surface area contributed by atoms with Crippen molar-refractivity contribution in [3.05, 3.63) is 40.2 Å². The van der Waals surface area contributed by atoms with Gasteiger partial charge in [-0.2, -0.15) is 13.2 Å². The Morgan fingerprint density at radius 2 is 1.90 bits per heavy atom. The highest BCUT2D eigenvalue weighted by molar-refractivity contribution is 5.84. The lowest BCUT2D eigenvalue weighted by Crippen LogP contribution is -2.28. The van der Waals surface area contributed by atoms with Crippen molar-refractivity contribution >= 4 is 10.9 Å². The minimum absolute atomic E-state index is 0.0803. The molecule has 0 bridgehead atoms. The molecule has 1 N–H and O–H groups in total. The third kappa shape index (κ3) is 3.18. The molecular weight excluding hydrogens is 285 g/mol. The van der Waals surface area contributed by atoms with Gasteiger partial charge >= 0.3 is 6.18 Å². The van der Waals surface area contributed by atoms with Gasteiger partial charge in [-0.05, 0) is 26.2 Å². The molecule has 0 aliphatic rings. The quantitative estimate of drug-likeness (QED) is 0.946. The fraction of sp³-hybridized carbons (Fsp3) is 0.357. The van der Waals surface area contributed by atoms with E-state index in [-0.39, 0.29) is 23.2 Å². The predicted molar refractivity (Wildman–Crippen MR) is 73.4 cm³/mol. The largest absolute Gasteiger partial charge is 0.508 e. The van der Waals surface area contributed by atoms with E-state index in [2.05, 4.69) is 0 Å². The topological polar surface area (TPSA) is 45.5 Å². The third-order valence-electron chi connectivity index (χ3n) is 3.17. The molecule has 0 aliphatic carbocycles. The summed E-state index contributed by atoms with van der Waals surface area (Å²) in [6.45, 7) is 0.736. The molecule has 0 saturated heterocycles. The standard InChI is InChI=1S/C14H15F3N2O2/c1-18(2)5-6-19-12-7-9(20)3-4-10(12)11(8-13(19)21)14(15,16)17/h3-4,7-8,20H,5-6H2,1-2H3. The highest BCUT2D eigenvalue weighted by Gasteiger charge is 2.33. The van der Waals surface area contributed by atoms with Gasteiger partial charge in [0.2, 0.25) is 0 Å². The molecule has 0 amide bonds. The first-order valence-electron chi connectivity index (χ1n) is 6.28. The van der Waals surface area contributed by atoms with Gasteiger partial charge in [0, 0.05) is 30.6 Å². The second-order valence-corrected chi connectivity index (χ2v) is 5.05. The number of nitrogens with zero attached hydrogens (tertiary/aromatic N) is 2. The maximum atomic E-state index is 13.0. The van der Waals surface area contributed by atoms with E-state index in [0.29, 0.717) is 12.6 Å². The van der Waals surface area contributed by atoms with Gasteiger partial charge in [0.1, 0.15) is 5.75 Å². The molecule has 21 heavy (non-hydrogen) atoms. The molecular formula is C14H15F3N2O2. The van der Waals surface area contributed by atoms with Gasteiger partial charge in [0.05, 0.1) is 11.1 Å². The van der Waals surface area contributed by atoms with Crippen LogP contribution in [0, 0.1) is 0 Å². The Bertz CT molecular complexity index is 720. The van der Waals surface area contributed by atoms with Gasteiger partial charge in [-0.1, -0.05) is 0 Å². The molecule has 0 aliphatic heterocycles. The van der Waals surface area contributed by atoms with Crippen LogP contribution < -0.4 is 5.56 Å². The summed E-state index contributed by atoms with van der Waals surface area (Å²) >= 11 is 0. The van der Waals surface area contributed by atoms with Crippen molar-refractivity contribution in [2.24, 2.45) is 0 Å². The van der Waals surface area contributed by atoms with Gasteiger partial charge in [-0.3, -0.25) is 4.79 Å². The normalized spacial score (nSPS) is 12.3. The molecule has 114 valence electrons. The van der Waals surface area contributed by atoms with Crippen LogP contribution in [0.2, 0.25) is 0 Å². The number of aromatic hydroxyl groups is 1. The van der Waals surface area contributed by atoms with Gasteiger partial charge < -0.3 is 14.6 Å². The molecule has 7 heteroatoms. The van der Waals surface area contributed by atoms with Crippen molar-refractivity contribution in [1.82, 2.24) is 9.47 Å². The van der Waals surface area contributed by atoms with Crippen molar-refractivity contribution in [1.29, 1.82) is 0 Å². The maximum Gasteiger partial charge on any atom is 0.417 e. The van der Waals surface area contributed by atoms with E-state index >= 15 is 0 Å². The van der Waals surface area contributed by atoms with Crippen LogP contribution in [0.5, 0.6) is 5.75 Å². The summed E-state index contributed by atoms with van der Waals surface area (Å²) in [4.78, 5) is 13.8. The number of pyridine rings is 1. The van der Waals surface area contributed by atoms with E-state index in [9.17, 15) is 23.1 Å². The Morgan fingerprint density at radius 1 is 1.24 bits per heavy atom. The molecule has 0 atom stereocenters. The van der Waals surface area contributed by atoms with Crippen LogP contribution in [0.4, 0.5) is 13.2 Å². The second-order valence-electron chi connectivity index (χ2n) is 5.05. The summed E-state index contributed by atoms with van der Waals surface area (Å²) in [5, 5.41) is 9.41. The van der Waals surface area contributed by atoms with Crippen molar-refractivity contribution in [3.63, 3.8) is 0 Å². The van der Waals surface area contributed by atoms with E-state index in [0.717, 1.165) is 0 Å². The number of rotatable bonds is 3. The van der Waals surface area contributed by atoms with Crippen molar-refractivity contribution in [2.45, 2.75) is 12.7 Å². The molecule has 2 rings (SSSR count). The molecule has 2 aromatic rings. The molecule has 0 spiro atoms. The van der Waals surface area contributed by atoms with Crippen LogP contribution in [0.1, 0.15) is 5.56 Å². The van der Waals surface area contributed by atoms with Crippen LogP contribution in [0.3, 0.4) is 0 Å². The van der Waals surface area contributed by atoms with Crippen LogP contribution in [0.25, 0.3) is 10.9 Å². The number of hydrogen-bond donors (Lipinski definition) is 1. The first kappa shape index (κ1) is 15.4. The molecule has 1 heterocycles. The minimum atomic E-state index is -4.62. The van der Waals surface area contributed by atoms with Crippen LogP contribution in [-0.2, 0) is 12.7 Å². The number of phenolic OH excluding ortho intramolecular Hbond substituents is 1. The molecule has 1 aromatic heterocycles. The van der Waals surface area contributed by atoms with Gasteiger partial charge in [-0.25, -0.2) is 0 Å². The fourth-order valence-electron chi connectivity index (χ4n) is 2.13. The van der Waals surface area contributed by atoms with E-state index < -0.39 is 17.3 Å². The van der Waals surface area contributed by atoms with E-state index in [1.54, 1.807) is 14.1 Å². The van der Waals surface area contributed by atoms with Gasteiger partial charge in [-0.15, -0.1) is 0 Å². The zero-order chi connectivity index (χ0) is 15.8. The number of likely N-dealkylation sites (N-methyl/N-ethyl adjacent to an activating group) is 1. The molecule has 0 radical (unpaired) electrons. The van der Waals surface area contributed by atoms with E-state index in [1.807, 2.05) is 4.90 Å². The number of halogens is 3. The summed E-state index contributed by atoms with van der Waals surface area (Å²) in [6.07, 6.45) is -4.62. The van der Waals surface area contributed by atoms with Crippen LogP contribution >= 0.6 is 0 Å². The summed E-state index contributed by atoms with van der Waals surface area (Å²) in [5.74, 6) is -0.181. The van der Waals surface area contributed by atoms with Crippen LogP contribution in [-0.4, -0.2) is 35.2 Å². The summed E-state index contributed by atoms with van der Waals surface area (Å²) < 4.78 is 40.3. The average Bonchev–Trinajstić information content (AvgIpc) is 2.35.